The molecule has 0 bridgehead atoms. The van der Waals surface area contributed by atoms with Crippen LogP contribution in [0, 0.1) is 0 Å². The third kappa shape index (κ3) is 3.61. The van der Waals surface area contributed by atoms with Crippen molar-refractivity contribution in [2.75, 3.05) is 26.2 Å². The molecule has 1 aromatic heterocycles. The normalized spacial score (nSPS) is 19.4. The van der Waals surface area contributed by atoms with Crippen LogP contribution in [0.2, 0.25) is 0 Å². The molecule has 2 heterocycles. The topological polar surface area (TPSA) is 35.6 Å². The fraction of sp³-hybridized carbons (Fsp3) is 0.533. The zero-order valence-corrected chi connectivity index (χ0v) is 13.0. The Balaban J connectivity index is 1.83. The molecule has 110 valence electrons. The highest BCUT2D eigenvalue weighted by atomic mass is 32.1. The SMILES string of the molecule is C=C[C@H](C)NC(=O)N1CCN([C@@H](C)c2ccsc2)CC1. The number of urea groups is 1. The Morgan fingerprint density at radius 3 is 2.65 bits per heavy atom. The van der Waals surface area contributed by atoms with E-state index >= 15 is 0 Å². The number of carbonyl (C=O) groups excluding carboxylic acids is 1. The Hall–Kier alpha value is -1.33. The predicted molar refractivity (Wildman–Crippen MR) is 84.1 cm³/mol. The van der Waals surface area contributed by atoms with Crippen molar-refractivity contribution in [1.82, 2.24) is 15.1 Å². The van der Waals surface area contributed by atoms with Crippen LogP contribution in [0.3, 0.4) is 0 Å². The van der Waals surface area contributed by atoms with Crippen LogP contribution in [0.1, 0.15) is 25.5 Å². The fourth-order valence-electron chi connectivity index (χ4n) is 2.38. The summed E-state index contributed by atoms with van der Waals surface area (Å²) < 4.78 is 0. The largest absolute Gasteiger partial charge is 0.332 e. The highest BCUT2D eigenvalue weighted by Crippen LogP contribution is 2.23. The summed E-state index contributed by atoms with van der Waals surface area (Å²) in [6.07, 6.45) is 1.74. The van der Waals surface area contributed by atoms with Gasteiger partial charge in [0.15, 0.2) is 0 Å². The number of nitrogens with one attached hydrogen (secondary N) is 1. The second-order valence-electron chi connectivity index (χ2n) is 5.23. The monoisotopic (exact) mass is 293 g/mol. The number of hydrogen-bond donors (Lipinski definition) is 1. The fourth-order valence-corrected chi connectivity index (χ4v) is 3.13. The van der Waals surface area contributed by atoms with Crippen LogP contribution < -0.4 is 5.32 Å². The lowest BCUT2D eigenvalue weighted by atomic mass is 10.1. The maximum atomic E-state index is 12.0. The molecule has 0 unspecified atom stereocenters. The van der Waals surface area contributed by atoms with Gasteiger partial charge in [0.05, 0.1) is 0 Å². The van der Waals surface area contributed by atoms with Gasteiger partial charge in [-0.1, -0.05) is 6.08 Å². The number of rotatable bonds is 4. The van der Waals surface area contributed by atoms with E-state index in [4.69, 9.17) is 0 Å². The van der Waals surface area contributed by atoms with E-state index in [2.05, 4.69) is 40.5 Å². The second kappa shape index (κ2) is 6.90. The molecule has 20 heavy (non-hydrogen) atoms. The number of hydrogen-bond acceptors (Lipinski definition) is 3. The molecule has 1 aromatic rings. The van der Waals surface area contributed by atoms with Crippen LogP contribution in [0.4, 0.5) is 4.79 Å². The van der Waals surface area contributed by atoms with Crippen LogP contribution in [0.25, 0.3) is 0 Å². The molecule has 0 spiro atoms. The van der Waals surface area contributed by atoms with E-state index < -0.39 is 0 Å². The number of thiophene rings is 1. The number of carbonyl (C=O) groups is 1. The lowest BCUT2D eigenvalue weighted by molar-refractivity contribution is 0.113. The summed E-state index contributed by atoms with van der Waals surface area (Å²) >= 11 is 1.74. The molecule has 1 aliphatic heterocycles. The minimum atomic E-state index is 0.0141. The molecule has 1 saturated heterocycles. The average molecular weight is 293 g/mol. The van der Waals surface area contributed by atoms with Crippen molar-refractivity contribution in [3.8, 4) is 0 Å². The van der Waals surface area contributed by atoms with Crippen molar-refractivity contribution < 1.29 is 4.79 Å². The molecule has 0 radical (unpaired) electrons. The maximum absolute atomic E-state index is 12.0. The van der Waals surface area contributed by atoms with Gasteiger partial charge in [0.25, 0.3) is 0 Å². The summed E-state index contributed by atoms with van der Waals surface area (Å²) in [6.45, 7) is 11.3. The van der Waals surface area contributed by atoms with E-state index in [9.17, 15) is 4.79 Å². The molecule has 1 fully saturated rings. The minimum Gasteiger partial charge on any atom is -0.332 e. The molecule has 2 amide bonds. The Labute approximate surface area is 125 Å². The van der Waals surface area contributed by atoms with Crippen LogP contribution in [-0.4, -0.2) is 48.1 Å². The van der Waals surface area contributed by atoms with E-state index in [0.717, 1.165) is 26.2 Å². The molecule has 0 saturated carbocycles. The lowest BCUT2D eigenvalue weighted by Crippen LogP contribution is -2.53. The van der Waals surface area contributed by atoms with Crippen molar-refractivity contribution in [2.45, 2.75) is 25.9 Å². The number of amides is 2. The van der Waals surface area contributed by atoms with Gasteiger partial charge in [-0.05, 0) is 36.2 Å². The van der Waals surface area contributed by atoms with Gasteiger partial charge in [0.1, 0.15) is 0 Å². The number of piperazine rings is 1. The Morgan fingerprint density at radius 2 is 2.10 bits per heavy atom. The first-order valence-electron chi connectivity index (χ1n) is 7.06. The van der Waals surface area contributed by atoms with Crippen molar-refractivity contribution in [1.29, 1.82) is 0 Å². The van der Waals surface area contributed by atoms with E-state index in [1.54, 1.807) is 17.4 Å². The van der Waals surface area contributed by atoms with Crippen molar-refractivity contribution in [3.63, 3.8) is 0 Å². The first kappa shape index (κ1) is 15.1. The third-order valence-corrected chi connectivity index (χ3v) is 4.58. The van der Waals surface area contributed by atoms with E-state index in [0.29, 0.717) is 6.04 Å². The van der Waals surface area contributed by atoms with Crippen LogP contribution in [0.5, 0.6) is 0 Å². The summed E-state index contributed by atoms with van der Waals surface area (Å²) in [5, 5.41) is 7.24. The molecular weight excluding hydrogens is 270 g/mol. The van der Waals surface area contributed by atoms with Gasteiger partial charge in [0.2, 0.25) is 0 Å². The zero-order valence-electron chi connectivity index (χ0n) is 12.2. The van der Waals surface area contributed by atoms with Gasteiger partial charge in [-0.15, -0.1) is 6.58 Å². The molecule has 5 heteroatoms. The van der Waals surface area contributed by atoms with Crippen LogP contribution >= 0.6 is 11.3 Å². The van der Waals surface area contributed by atoms with Crippen molar-refractivity contribution >= 4 is 17.4 Å². The molecule has 1 N–H and O–H groups in total. The lowest BCUT2D eigenvalue weighted by Gasteiger charge is -2.38. The average Bonchev–Trinajstić information content (AvgIpc) is 3.00. The molecule has 2 atom stereocenters. The summed E-state index contributed by atoms with van der Waals surface area (Å²) in [4.78, 5) is 16.3. The van der Waals surface area contributed by atoms with Gasteiger partial charge < -0.3 is 10.2 Å². The molecule has 0 aromatic carbocycles. The summed E-state index contributed by atoms with van der Waals surface area (Å²) in [7, 11) is 0. The third-order valence-electron chi connectivity index (χ3n) is 3.88. The summed E-state index contributed by atoms with van der Waals surface area (Å²) in [5.41, 5.74) is 1.37. The van der Waals surface area contributed by atoms with E-state index in [-0.39, 0.29) is 12.1 Å². The molecule has 4 nitrogen and oxygen atoms in total. The molecular formula is C15H23N3OS. The summed E-state index contributed by atoms with van der Waals surface area (Å²) in [5.74, 6) is 0. The predicted octanol–water partition coefficient (Wildman–Crippen LogP) is 2.71. The molecule has 1 aliphatic rings. The molecule has 0 aliphatic carbocycles. The van der Waals surface area contributed by atoms with Gasteiger partial charge in [-0.3, -0.25) is 4.90 Å². The van der Waals surface area contributed by atoms with Crippen LogP contribution in [0.15, 0.2) is 29.5 Å². The second-order valence-corrected chi connectivity index (χ2v) is 6.01. The maximum Gasteiger partial charge on any atom is 0.317 e. The highest BCUT2D eigenvalue weighted by Gasteiger charge is 2.25. The Morgan fingerprint density at radius 1 is 1.40 bits per heavy atom. The first-order chi connectivity index (χ1) is 9.61. The van der Waals surface area contributed by atoms with E-state index in [1.807, 2.05) is 11.8 Å². The summed E-state index contributed by atoms with van der Waals surface area (Å²) in [6, 6.07) is 2.64. The Bertz CT molecular complexity index is 438. The van der Waals surface area contributed by atoms with Crippen molar-refractivity contribution in [3.05, 3.63) is 35.0 Å². The molecule has 2 rings (SSSR count). The standard InChI is InChI=1S/C15H23N3OS/c1-4-12(2)16-15(19)18-8-6-17(7-9-18)13(3)14-5-10-20-11-14/h4-5,10-13H,1,6-9H2,2-3H3,(H,16,19)/t12-,13-/m0/s1. The minimum absolute atomic E-state index is 0.0141. The number of nitrogens with zero attached hydrogens (tertiary/aromatic N) is 2. The van der Waals surface area contributed by atoms with Gasteiger partial charge in [-0.25, -0.2) is 4.79 Å². The smallest absolute Gasteiger partial charge is 0.317 e. The van der Waals surface area contributed by atoms with Crippen LogP contribution in [-0.2, 0) is 0 Å². The van der Waals surface area contributed by atoms with Gasteiger partial charge >= 0.3 is 6.03 Å². The van der Waals surface area contributed by atoms with Gasteiger partial charge in [0, 0.05) is 38.3 Å². The van der Waals surface area contributed by atoms with E-state index in [1.165, 1.54) is 5.56 Å². The Kier molecular flexibility index (Phi) is 5.20. The zero-order chi connectivity index (χ0) is 14.5. The van der Waals surface area contributed by atoms with Crippen molar-refractivity contribution in [2.24, 2.45) is 0 Å². The van der Waals surface area contributed by atoms with Gasteiger partial charge in [-0.2, -0.15) is 11.3 Å². The highest BCUT2D eigenvalue weighted by molar-refractivity contribution is 7.07. The quantitative estimate of drug-likeness (QED) is 0.866. The first-order valence-corrected chi connectivity index (χ1v) is 8.00.